The van der Waals surface area contributed by atoms with Crippen molar-refractivity contribution in [1.82, 2.24) is 14.8 Å². The molecule has 0 atom stereocenters. The first-order chi connectivity index (χ1) is 16.1. The van der Waals surface area contributed by atoms with E-state index in [-0.39, 0.29) is 23.6 Å². The van der Waals surface area contributed by atoms with Gasteiger partial charge >= 0.3 is 5.97 Å². The predicted molar refractivity (Wildman–Crippen MR) is 127 cm³/mol. The molecule has 0 aliphatic heterocycles. The summed E-state index contributed by atoms with van der Waals surface area (Å²) in [7, 11) is 0. The molecule has 0 aliphatic carbocycles. The average molecular weight is 458 g/mol. The molecule has 0 bridgehead atoms. The fourth-order valence-electron chi connectivity index (χ4n) is 3.67. The lowest BCUT2D eigenvalue weighted by molar-refractivity contribution is 0.0520. The molecule has 164 valence electrons. The van der Waals surface area contributed by atoms with Crippen LogP contribution in [0.5, 0.6) is 0 Å². The minimum Gasteiger partial charge on any atom is -0.461 e. The van der Waals surface area contributed by atoms with Crippen LogP contribution in [0.15, 0.2) is 71.0 Å². The molecule has 5 rings (SSSR count). The highest BCUT2D eigenvalue weighted by molar-refractivity contribution is 7.16. The Morgan fingerprint density at radius 3 is 2.64 bits per heavy atom. The molecule has 0 saturated heterocycles. The topological polar surface area (TPSA) is 106 Å². The quantitative estimate of drug-likeness (QED) is 0.381. The maximum Gasteiger partial charge on any atom is 0.359 e. The number of nitrogens with one attached hydrogen (secondary N) is 2. The fraction of sp³-hybridized carbons (Fsp3) is 0.0833. The Morgan fingerprint density at radius 1 is 1.09 bits per heavy atom. The standard InChI is InChI=1S/C24H18N4O4S/c1-2-32-24(31)20-17-13-33-22(19(17)23(30)28(27-20)14-8-4-3-5-9-14)26-21(29)16-12-25-18-11-7-6-10-15(16)18/h3-13,25H,2H2,1H3,(H,26,29). The molecule has 1 amide bonds. The number of amides is 1. The van der Waals surface area contributed by atoms with Gasteiger partial charge in [0.2, 0.25) is 0 Å². The first-order valence-electron chi connectivity index (χ1n) is 10.2. The number of rotatable bonds is 5. The maximum atomic E-state index is 13.4. The summed E-state index contributed by atoms with van der Waals surface area (Å²) in [5.74, 6) is -1.00. The molecule has 8 nitrogen and oxygen atoms in total. The normalized spacial score (nSPS) is 11.1. The van der Waals surface area contributed by atoms with Crippen LogP contribution in [-0.2, 0) is 4.74 Å². The van der Waals surface area contributed by atoms with Gasteiger partial charge in [-0.2, -0.15) is 9.78 Å². The minimum absolute atomic E-state index is 0.0131. The number of nitrogens with zero attached hydrogens (tertiary/aromatic N) is 2. The summed E-state index contributed by atoms with van der Waals surface area (Å²) in [6.07, 6.45) is 1.63. The Balaban J connectivity index is 1.66. The Hall–Kier alpha value is -4.24. The van der Waals surface area contributed by atoms with Gasteiger partial charge in [-0.05, 0) is 25.1 Å². The van der Waals surface area contributed by atoms with Crippen LogP contribution in [0, 0.1) is 0 Å². The van der Waals surface area contributed by atoms with Gasteiger partial charge in [-0.25, -0.2) is 4.79 Å². The average Bonchev–Trinajstić information content (AvgIpc) is 3.45. The number of esters is 1. The van der Waals surface area contributed by atoms with Gasteiger partial charge in [0, 0.05) is 27.9 Å². The summed E-state index contributed by atoms with van der Waals surface area (Å²) in [6, 6.07) is 16.2. The number of para-hydroxylation sites is 2. The van der Waals surface area contributed by atoms with Gasteiger partial charge < -0.3 is 15.0 Å². The third-order valence-corrected chi connectivity index (χ3v) is 6.08. The molecule has 0 fully saturated rings. The van der Waals surface area contributed by atoms with E-state index in [0.29, 0.717) is 21.6 Å². The van der Waals surface area contributed by atoms with E-state index in [2.05, 4.69) is 15.4 Å². The zero-order valence-electron chi connectivity index (χ0n) is 17.5. The molecule has 0 aliphatic rings. The largest absolute Gasteiger partial charge is 0.461 e. The highest BCUT2D eigenvalue weighted by Gasteiger charge is 2.23. The monoisotopic (exact) mass is 458 g/mol. The Kier molecular flexibility index (Phi) is 5.23. The molecule has 3 aromatic heterocycles. The summed E-state index contributed by atoms with van der Waals surface area (Å²) < 4.78 is 6.32. The van der Waals surface area contributed by atoms with E-state index in [1.807, 2.05) is 30.3 Å². The summed E-state index contributed by atoms with van der Waals surface area (Å²) in [5, 5.41) is 10.4. The van der Waals surface area contributed by atoms with Gasteiger partial charge in [-0.1, -0.05) is 36.4 Å². The Bertz CT molecular complexity index is 1570. The molecular formula is C24H18N4O4S. The van der Waals surface area contributed by atoms with Gasteiger partial charge in [-0.3, -0.25) is 9.59 Å². The lowest BCUT2D eigenvalue weighted by Gasteiger charge is -2.09. The first-order valence-corrected chi connectivity index (χ1v) is 11.1. The van der Waals surface area contributed by atoms with E-state index in [0.717, 1.165) is 26.9 Å². The van der Waals surface area contributed by atoms with Crippen molar-refractivity contribution >= 4 is 49.9 Å². The van der Waals surface area contributed by atoms with Crippen molar-refractivity contribution in [1.29, 1.82) is 0 Å². The summed E-state index contributed by atoms with van der Waals surface area (Å²) in [5.41, 5.74) is 1.35. The van der Waals surface area contributed by atoms with Crippen LogP contribution in [0.25, 0.3) is 27.4 Å². The maximum absolute atomic E-state index is 13.4. The number of aromatic nitrogens is 3. The number of H-pyrrole nitrogens is 1. The molecule has 0 radical (unpaired) electrons. The second-order valence-electron chi connectivity index (χ2n) is 7.18. The number of anilines is 1. The number of aromatic amines is 1. The van der Waals surface area contributed by atoms with Crippen LogP contribution >= 0.6 is 11.3 Å². The highest BCUT2D eigenvalue weighted by atomic mass is 32.1. The second-order valence-corrected chi connectivity index (χ2v) is 8.06. The molecule has 0 spiro atoms. The molecule has 0 unspecified atom stereocenters. The molecule has 3 heterocycles. The summed E-state index contributed by atoms with van der Waals surface area (Å²) in [6.45, 7) is 1.86. The van der Waals surface area contributed by atoms with E-state index < -0.39 is 11.5 Å². The Morgan fingerprint density at radius 2 is 1.85 bits per heavy atom. The lowest BCUT2D eigenvalue weighted by atomic mass is 10.1. The van der Waals surface area contributed by atoms with Gasteiger partial charge in [0.25, 0.3) is 11.5 Å². The number of fused-ring (bicyclic) bond motifs is 2. The van der Waals surface area contributed by atoms with Crippen molar-refractivity contribution < 1.29 is 14.3 Å². The number of thiophene rings is 1. The zero-order chi connectivity index (χ0) is 22.9. The number of carbonyl (C=O) groups excluding carboxylic acids is 2. The third kappa shape index (κ3) is 3.58. The van der Waals surface area contributed by atoms with Crippen molar-refractivity contribution in [2.24, 2.45) is 0 Å². The van der Waals surface area contributed by atoms with E-state index in [4.69, 9.17) is 4.74 Å². The highest BCUT2D eigenvalue weighted by Crippen LogP contribution is 2.31. The molecule has 33 heavy (non-hydrogen) atoms. The van der Waals surface area contributed by atoms with E-state index >= 15 is 0 Å². The van der Waals surface area contributed by atoms with Gasteiger partial charge in [0.05, 0.1) is 23.2 Å². The van der Waals surface area contributed by atoms with Gasteiger partial charge in [0.1, 0.15) is 5.00 Å². The molecular weight excluding hydrogens is 440 g/mol. The van der Waals surface area contributed by atoms with Crippen LogP contribution in [0.4, 0.5) is 5.00 Å². The number of hydrogen-bond donors (Lipinski definition) is 2. The van der Waals surface area contributed by atoms with Crippen LogP contribution < -0.4 is 10.9 Å². The number of benzene rings is 2. The van der Waals surface area contributed by atoms with E-state index in [1.165, 1.54) is 0 Å². The first kappa shape index (κ1) is 20.7. The third-order valence-electron chi connectivity index (χ3n) is 5.18. The van der Waals surface area contributed by atoms with Crippen LogP contribution in [0.3, 0.4) is 0 Å². The molecule has 0 saturated carbocycles. The molecule has 5 aromatic rings. The second kappa shape index (κ2) is 8.36. The lowest BCUT2D eigenvalue weighted by Crippen LogP contribution is -2.25. The SMILES string of the molecule is CCOC(=O)c1nn(-c2ccccc2)c(=O)c2c(NC(=O)c3c[nH]c4ccccc34)scc12. The van der Waals surface area contributed by atoms with Crippen molar-refractivity contribution in [3.63, 3.8) is 0 Å². The van der Waals surface area contributed by atoms with Crippen molar-refractivity contribution in [3.8, 4) is 5.69 Å². The van der Waals surface area contributed by atoms with Gasteiger partial charge in [0.15, 0.2) is 5.69 Å². The molecule has 2 aromatic carbocycles. The number of hydrogen-bond acceptors (Lipinski definition) is 6. The van der Waals surface area contributed by atoms with Gasteiger partial charge in [-0.15, -0.1) is 11.3 Å². The van der Waals surface area contributed by atoms with Crippen molar-refractivity contribution in [2.75, 3.05) is 11.9 Å². The molecule has 2 N–H and O–H groups in total. The van der Waals surface area contributed by atoms with Crippen LogP contribution in [0.1, 0.15) is 27.8 Å². The summed E-state index contributed by atoms with van der Waals surface area (Å²) in [4.78, 5) is 42.2. The van der Waals surface area contributed by atoms with Crippen molar-refractivity contribution in [3.05, 3.63) is 87.8 Å². The molecule has 9 heteroatoms. The van der Waals surface area contributed by atoms with E-state index in [9.17, 15) is 14.4 Å². The van der Waals surface area contributed by atoms with Crippen LogP contribution in [0.2, 0.25) is 0 Å². The number of ether oxygens (including phenoxy) is 1. The van der Waals surface area contributed by atoms with E-state index in [1.54, 1.807) is 42.8 Å². The zero-order valence-corrected chi connectivity index (χ0v) is 18.3. The minimum atomic E-state index is -0.639. The predicted octanol–water partition coefficient (Wildman–Crippen LogP) is 4.36. The number of carbonyl (C=O) groups is 2. The van der Waals surface area contributed by atoms with Crippen LogP contribution in [-0.4, -0.2) is 33.2 Å². The fourth-order valence-corrected chi connectivity index (χ4v) is 4.60. The van der Waals surface area contributed by atoms with Crippen molar-refractivity contribution in [2.45, 2.75) is 6.92 Å². The Labute approximate surface area is 191 Å². The summed E-state index contributed by atoms with van der Waals surface area (Å²) >= 11 is 1.16. The smallest absolute Gasteiger partial charge is 0.359 e.